The van der Waals surface area contributed by atoms with Gasteiger partial charge in [-0.1, -0.05) is 5.16 Å². The Morgan fingerprint density at radius 3 is 2.75 bits per heavy atom. The third kappa shape index (κ3) is 4.45. The van der Waals surface area contributed by atoms with Gasteiger partial charge in [0.15, 0.2) is 16.4 Å². The highest BCUT2D eigenvalue weighted by atomic mass is 32.2. The summed E-state index contributed by atoms with van der Waals surface area (Å²) in [7, 11) is 1.24. The number of β-lactam (4-membered cyclic amide) rings is 1. The van der Waals surface area contributed by atoms with Crippen LogP contribution in [0.25, 0.3) is 5.82 Å². The lowest BCUT2D eigenvalue weighted by atomic mass is 10.0. The number of anilines is 2. The average Bonchev–Trinajstić information content (AvgIpc) is 3.52. The molecule has 40 heavy (non-hydrogen) atoms. The number of nitrogens with two attached hydrogens (primary N) is 2. The Bertz CT molecular complexity index is 1610. The zero-order chi connectivity index (χ0) is 28.9. The van der Waals surface area contributed by atoms with Crippen molar-refractivity contribution in [2.45, 2.75) is 24.9 Å². The minimum atomic E-state index is -1.59. The number of carboxylic acid groups (broad SMARTS) is 2. The van der Waals surface area contributed by atoms with Crippen molar-refractivity contribution in [2.24, 2.45) is 5.16 Å². The highest BCUT2D eigenvalue weighted by Crippen LogP contribution is 2.40. The molecule has 0 unspecified atom stereocenters. The summed E-state index contributed by atoms with van der Waals surface area (Å²) in [5.41, 5.74) is 11.9. The van der Waals surface area contributed by atoms with Gasteiger partial charge in [-0.15, -0.1) is 32.9 Å². The molecule has 1 aromatic rings. The zero-order valence-electron chi connectivity index (χ0n) is 20.9. The fourth-order valence-corrected chi connectivity index (χ4v) is 6.34. The quantitative estimate of drug-likeness (QED) is 0.0941. The number of nitrogen functional groups attached to an aromatic ring is 2. The number of thiazole rings is 1. The molecule has 0 radical (unpaired) electrons. The third-order valence-electron chi connectivity index (χ3n) is 6.18. The number of hydrogen-bond acceptors (Lipinski definition) is 13. The molecule has 0 spiro atoms. The molecule has 0 aromatic carbocycles. The van der Waals surface area contributed by atoms with Gasteiger partial charge in [-0.3, -0.25) is 19.1 Å². The Morgan fingerprint density at radius 1 is 1.38 bits per heavy atom. The van der Waals surface area contributed by atoms with Crippen molar-refractivity contribution in [2.75, 3.05) is 24.3 Å². The van der Waals surface area contributed by atoms with E-state index in [0.29, 0.717) is 17.1 Å². The minimum Gasteiger partial charge on any atom is -0.543 e. The SMILES string of the molecule is CO/N=C(\C(=O)N[C@@H]1C(=O)N2C(C(=O)[O-])=C(Cn3cc(C(=O)O)c(N)[n+]4nc(C)cc3-4)CS[C@H]12)c1csc(N)n1. The smallest absolute Gasteiger partial charge is 0.345 e. The number of aromatic nitrogens is 4. The van der Waals surface area contributed by atoms with E-state index in [-0.39, 0.29) is 45.9 Å². The van der Waals surface area contributed by atoms with Gasteiger partial charge in [-0.05, 0) is 12.5 Å². The number of thioether (sulfide) groups is 1. The first-order valence-corrected chi connectivity index (χ1v) is 13.4. The highest BCUT2D eigenvalue weighted by Gasteiger charge is 2.53. The molecule has 2 atom stereocenters. The Hall–Kier alpha value is -4.71. The molecule has 2 amide bonds. The first-order valence-electron chi connectivity index (χ1n) is 11.4. The van der Waals surface area contributed by atoms with Gasteiger partial charge in [0.2, 0.25) is 0 Å². The van der Waals surface area contributed by atoms with Gasteiger partial charge in [0, 0.05) is 17.2 Å². The fraction of sp³-hybridized carbons (Fsp3) is 0.273. The van der Waals surface area contributed by atoms with Crippen LogP contribution in [0.4, 0.5) is 10.9 Å². The number of carboxylic acids is 2. The second-order valence-corrected chi connectivity index (χ2v) is 10.7. The number of amides is 2. The van der Waals surface area contributed by atoms with Crippen LogP contribution in [0.3, 0.4) is 0 Å². The molecule has 0 bridgehead atoms. The minimum absolute atomic E-state index is 0.0884. The van der Waals surface area contributed by atoms with Crippen LogP contribution in [-0.2, 0) is 25.8 Å². The van der Waals surface area contributed by atoms with Crippen molar-refractivity contribution < 1.29 is 38.9 Å². The van der Waals surface area contributed by atoms with Gasteiger partial charge < -0.3 is 36.6 Å². The van der Waals surface area contributed by atoms with E-state index in [1.54, 1.807) is 13.0 Å². The number of hydrogen-bond donors (Lipinski definition) is 4. The third-order valence-corrected chi connectivity index (χ3v) is 8.19. The maximum atomic E-state index is 13.1. The summed E-state index contributed by atoms with van der Waals surface area (Å²) in [6.07, 6.45) is 1.29. The molecular formula is C22H21N9O7S2. The zero-order valence-corrected chi connectivity index (χ0v) is 22.5. The predicted molar refractivity (Wildman–Crippen MR) is 138 cm³/mol. The lowest BCUT2D eigenvalue weighted by molar-refractivity contribution is -0.647. The highest BCUT2D eigenvalue weighted by molar-refractivity contribution is 8.00. The van der Waals surface area contributed by atoms with E-state index in [1.165, 1.54) is 39.7 Å². The number of carbonyl (C=O) groups excluding carboxylic acids is 3. The number of aliphatic carboxylic acids is 1. The average molecular weight is 588 g/mol. The molecule has 16 nitrogen and oxygen atoms in total. The van der Waals surface area contributed by atoms with E-state index in [4.69, 9.17) is 16.3 Å². The number of aryl methyl sites for hydroxylation is 1. The summed E-state index contributed by atoms with van der Waals surface area (Å²) >= 11 is 2.31. The van der Waals surface area contributed by atoms with E-state index in [0.717, 1.165) is 16.2 Å². The molecule has 1 fully saturated rings. The molecule has 4 aliphatic heterocycles. The first-order chi connectivity index (χ1) is 19.0. The normalized spacial score (nSPS) is 18.9. The van der Waals surface area contributed by atoms with Gasteiger partial charge >= 0.3 is 5.97 Å². The molecular weight excluding hydrogens is 566 g/mol. The number of carbonyl (C=O) groups is 4. The van der Waals surface area contributed by atoms with Crippen LogP contribution in [0.1, 0.15) is 21.7 Å². The summed E-state index contributed by atoms with van der Waals surface area (Å²) < 4.78 is 2.75. The van der Waals surface area contributed by atoms with Crippen molar-refractivity contribution in [1.82, 2.24) is 24.9 Å². The molecule has 208 valence electrons. The van der Waals surface area contributed by atoms with Crippen molar-refractivity contribution in [1.29, 1.82) is 0 Å². The van der Waals surface area contributed by atoms with E-state index >= 15 is 0 Å². The summed E-state index contributed by atoms with van der Waals surface area (Å²) in [5.74, 6) is -3.83. The van der Waals surface area contributed by atoms with E-state index in [9.17, 15) is 29.4 Å². The number of fused-ring (bicyclic) bond motifs is 2. The molecule has 1 saturated heterocycles. The lowest BCUT2D eigenvalue weighted by Crippen LogP contribution is -2.71. The van der Waals surface area contributed by atoms with Crippen LogP contribution < -0.4 is 26.6 Å². The Kier molecular flexibility index (Phi) is 6.80. The number of aromatic carboxylic acids is 1. The second kappa shape index (κ2) is 10.1. The van der Waals surface area contributed by atoms with Gasteiger partial charge in [0.1, 0.15) is 24.2 Å². The lowest BCUT2D eigenvalue weighted by Gasteiger charge is -2.50. The number of rotatable bonds is 8. The Morgan fingerprint density at radius 2 is 2.12 bits per heavy atom. The number of nitrogens with zero attached hydrogens (tertiary/aromatic N) is 6. The molecule has 4 aliphatic rings. The molecule has 18 heteroatoms. The fourth-order valence-electron chi connectivity index (χ4n) is 4.46. The summed E-state index contributed by atoms with van der Waals surface area (Å²) in [4.78, 5) is 59.9. The van der Waals surface area contributed by atoms with Crippen LogP contribution >= 0.6 is 23.1 Å². The Balaban J connectivity index is 1.43. The topological polar surface area (TPSA) is 235 Å². The molecule has 6 N–H and O–H groups in total. The maximum Gasteiger partial charge on any atom is 0.345 e. The molecule has 0 saturated carbocycles. The molecule has 1 aromatic heterocycles. The van der Waals surface area contributed by atoms with E-state index in [1.807, 2.05) is 0 Å². The molecule has 5 heterocycles. The first kappa shape index (κ1) is 26.9. The van der Waals surface area contributed by atoms with Crippen molar-refractivity contribution >= 4 is 63.5 Å². The van der Waals surface area contributed by atoms with Gasteiger partial charge in [0.25, 0.3) is 23.5 Å². The standard InChI is InChI=1S/C22H21N9O7S2/c1-8-3-12-29(5-10(20(34)35)16(23)31(12)27-8)4-9-6-39-19-14(18(33)30(19)15(9)21(36)37)26-17(32)13(28-38-2)11-7-40-22(24)25-11/h3,5,7,14,19,23H,4,6H2,1-2H3,(H5,24,25,26,32,34,35,36,37)/b28-13-/t14-,19-/m1/s1. The second-order valence-electron chi connectivity index (χ2n) is 8.71. The summed E-state index contributed by atoms with van der Waals surface area (Å²) in [6, 6.07) is 0.605. The van der Waals surface area contributed by atoms with Crippen molar-refractivity contribution in [3.8, 4) is 5.82 Å². The van der Waals surface area contributed by atoms with E-state index < -0.39 is 35.2 Å². The van der Waals surface area contributed by atoms with Gasteiger partial charge in [-0.2, -0.15) is 0 Å². The maximum absolute atomic E-state index is 13.1. The Labute approximate surface area is 233 Å². The van der Waals surface area contributed by atoms with Gasteiger partial charge in [0.05, 0.1) is 30.1 Å². The number of oxime groups is 1. The number of nitrogens with one attached hydrogen (secondary N) is 1. The summed E-state index contributed by atoms with van der Waals surface area (Å²) in [5, 5.41) is 33.3. The largest absolute Gasteiger partial charge is 0.543 e. The molecule has 0 aliphatic carbocycles. The summed E-state index contributed by atoms with van der Waals surface area (Å²) in [6.45, 7) is 1.61. The van der Waals surface area contributed by atoms with Crippen molar-refractivity contribution in [3.05, 3.63) is 45.9 Å². The van der Waals surface area contributed by atoms with Gasteiger partial charge in [-0.25, -0.2) is 9.78 Å². The monoisotopic (exact) mass is 587 g/mol. The van der Waals surface area contributed by atoms with Crippen LogP contribution in [0.15, 0.2) is 34.1 Å². The van der Waals surface area contributed by atoms with Crippen LogP contribution in [0.2, 0.25) is 0 Å². The van der Waals surface area contributed by atoms with Crippen LogP contribution in [0, 0.1) is 6.92 Å². The predicted octanol–water partition coefficient (Wildman–Crippen LogP) is -2.32. The van der Waals surface area contributed by atoms with E-state index in [2.05, 4.69) is 20.6 Å². The van der Waals surface area contributed by atoms with Crippen LogP contribution in [0.5, 0.6) is 0 Å². The molecule has 5 rings (SSSR count). The van der Waals surface area contributed by atoms with Crippen molar-refractivity contribution in [3.63, 3.8) is 0 Å². The van der Waals surface area contributed by atoms with Crippen LogP contribution in [-0.4, -0.2) is 78.4 Å².